The number of anilines is 2. The van der Waals surface area contributed by atoms with Crippen LogP contribution in [0.25, 0.3) is 0 Å². The normalized spacial score (nSPS) is 13.8. The van der Waals surface area contributed by atoms with E-state index in [0.29, 0.717) is 13.0 Å². The molecular weight excluding hydrogens is 314 g/mol. The van der Waals surface area contributed by atoms with Crippen LogP contribution in [-0.2, 0) is 16.0 Å². The van der Waals surface area contributed by atoms with E-state index < -0.39 is 0 Å². The maximum atomic E-state index is 12.0. The number of carbonyl (C=O) groups excluding carboxylic acids is 2. The van der Waals surface area contributed by atoms with Crippen LogP contribution < -0.4 is 15.5 Å². The highest BCUT2D eigenvalue weighted by atomic mass is 16.2. The van der Waals surface area contributed by atoms with Gasteiger partial charge >= 0.3 is 0 Å². The first-order valence-corrected chi connectivity index (χ1v) is 8.68. The molecule has 0 atom stereocenters. The third-order valence-corrected chi connectivity index (χ3v) is 4.29. The van der Waals surface area contributed by atoms with Gasteiger partial charge in [-0.2, -0.15) is 0 Å². The van der Waals surface area contributed by atoms with Gasteiger partial charge in [0.2, 0.25) is 11.8 Å². The van der Waals surface area contributed by atoms with Crippen LogP contribution in [0.1, 0.15) is 18.4 Å². The van der Waals surface area contributed by atoms with Gasteiger partial charge in [0, 0.05) is 19.5 Å². The van der Waals surface area contributed by atoms with Crippen LogP contribution in [0.3, 0.4) is 0 Å². The SMILES string of the molecule is O=C(CNc1ccccc1N1CCCC1=O)NCCc1ccccc1. The molecule has 0 aromatic heterocycles. The van der Waals surface area contributed by atoms with Crippen LogP contribution in [0.2, 0.25) is 0 Å². The second-order valence-electron chi connectivity index (χ2n) is 6.11. The molecule has 0 spiro atoms. The number of carbonyl (C=O) groups is 2. The maximum absolute atomic E-state index is 12.0. The molecule has 2 amide bonds. The quantitative estimate of drug-likeness (QED) is 0.816. The fraction of sp³-hybridized carbons (Fsp3) is 0.300. The van der Waals surface area contributed by atoms with E-state index in [1.165, 1.54) is 5.56 Å². The van der Waals surface area contributed by atoms with E-state index in [1.807, 2.05) is 54.6 Å². The predicted molar refractivity (Wildman–Crippen MR) is 99.7 cm³/mol. The molecule has 3 rings (SSSR count). The molecule has 5 heteroatoms. The smallest absolute Gasteiger partial charge is 0.239 e. The van der Waals surface area contributed by atoms with Crippen LogP contribution in [0.15, 0.2) is 54.6 Å². The van der Waals surface area contributed by atoms with Gasteiger partial charge in [0.1, 0.15) is 0 Å². The van der Waals surface area contributed by atoms with Crippen molar-refractivity contribution in [2.45, 2.75) is 19.3 Å². The average Bonchev–Trinajstić information content (AvgIpc) is 3.07. The number of hydrogen-bond acceptors (Lipinski definition) is 3. The summed E-state index contributed by atoms with van der Waals surface area (Å²) in [6, 6.07) is 17.7. The summed E-state index contributed by atoms with van der Waals surface area (Å²) < 4.78 is 0. The molecule has 0 radical (unpaired) electrons. The third-order valence-electron chi connectivity index (χ3n) is 4.29. The molecule has 2 N–H and O–H groups in total. The minimum Gasteiger partial charge on any atom is -0.374 e. The highest BCUT2D eigenvalue weighted by Crippen LogP contribution is 2.29. The van der Waals surface area contributed by atoms with Gasteiger partial charge in [-0.1, -0.05) is 42.5 Å². The number of nitrogens with zero attached hydrogens (tertiary/aromatic N) is 1. The fourth-order valence-electron chi connectivity index (χ4n) is 2.99. The lowest BCUT2D eigenvalue weighted by Crippen LogP contribution is -2.32. The lowest BCUT2D eigenvalue weighted by molar-refractivity contribution is -0.119. The second-order valence-corrected chi connectivity index (χ2v) is 6.11. The van der Waals surface area contributed by atoms with Gasteiger partial charge in [-0.3, -0.25) is 9.59 Å². The van der Waals surface area contributed by atoms with Crippen LogP contribution in [0.4, 0.5) is 11.4 Å². The van der Waals surface area contributed by atoms with Crippen molar-refractivity contribution in [2.24, 2.45) is 0 Å². The van der Waals surface area contributed by atoms with Crippen LogP contribution in [0, 0.1) is 0 Å². The van der Waals surface area contributed by atoms with Crippen molar-refractivity contribution in [3.8, 4) is 0 Å². The molecule has 0 saturated carbocycles. The summed E-state index contributed by atoms with van der Waals surface area (Å²) >= 11 is 0. The molecule has 25 heavy (non-hydrogen) atoms. The Bertz CT molecular complexity index is 731. The second kappa shape index (κ2) is 8.33. The number of hydrogen-bond donors (Lipinski definition) is 2. The largest absolute Gasteiger partial charge is 0.374 e. The molecule has 1 fully saturated rings. The molecule has 130 valence electrons. The topological polar surface area (TPSA) is 61.4 Å². The van der Waals surface area contributed by atoms with E-state index in [4.69, 9.17) is 0 Å². The van der Waals surface area contributed by atoms with Crippen molar-refractivity contribution in [2.75, 3.05) is 29.9 Å². The molecule has 5 nitrogen and oxygen atoms in total. The Labute approximate surface area is 148 Å². The van der Waals surface area contributed by atoms with Gasteiger partial charge in [0.25, 0.3) is 0 Å². The van der Waals surface area contributed by atoms with Crippen molar-refractivity contribution in [1.29, 1.82) is 0 Å². The lowest BCUT2D eigenvalue weighted by atomic mass is 10.1. The Morgan fingerprint density at radius 1 is 1.04 bits per heavy atom. The molecule has 1 heterocycles. The zero-order valence-electron chi connectivity index (χ0n) is 14.2. The molecular formula is C20H23N3O2. The lowest BCUT2D eigenvalue weighted by Gasteiger charge is -2.20. The van der Waals surface area contributed by atoms with Gasteiger partial charge < -0.3 is 15.5 Å². The molecule has 0 unspecified atom stereocenters. The number of rotatable bonds is 7. The highest BCUT2D eigenvalue weighted by Gasteiger charge is 2.23. The van der Waals surface area contributed by atoms with Crippen molar-refractivity contribution < 1.29 is 9.59 Å². The van der Waals surface area contributed by atoms with Gasteiger partial charge in [-0.05, 0) is 30.5 Å². The summed E-state index contributed by atoms with van der Waals surface area (Å²) in [5, 5.41) is 6.07. The van der Waals surface area contributed by atoms with E-state index in [9.17, 15) is 9.59 Å². The number of amides is 2. The van der Waals surface area contributed by atoms with E-state index in [0.717, 1.165) is 30.8 Å². The third kappa shape index (κ3) is 4.59. The number of para-hydroxylation sites is 2. The van der Waals surface area contributed by atoms with Gasteiger partial charge in [0.15, 0.2) is 0 Å². The van der Waals surface area contributed by atoms with Crippen molar-refractivity contribution in [1.82, 2.24) is 5.32 Å². The van der Waals surface area contributed by atoms with Gasteiger partial charge in [-0.25, -0.2) is 0 Å². The van der Waals surface area contributed by atoms with E-state index >= 15 is 0 Å². The highest BCUT2D eigenvalue weighted by molar-refractivity contribution is 5.98. The number of benzene rings is 2. The first kappa shape index (κ1) is 17.0. The maximum Gasteiger partial charge on any atom is 0.239 e. The zero-order chi connectivity index (χ0) is 17.5. The molecule has 1 aliphatic rings. The molecule has 1 saturated heterocycles. The summed E-state index contributed by atoms with van der Waals surface area (Å²) in [4.78, 5) is 25.8. The Hall–Kier alpha value is -2.82. The Balaban J connectivity index is 1.50. The van der Waals surface area contributed by atoms with Crippen LogP contribution >= 0.6 is 0 Å². The molecule has 0 aliphatic carbocycles. The minimum absolute atomic E-state index is 0.0570. The predicted octanol–water partition coefficient (Wildman–Crippen LogP) is 2.58. The van der Waals surface area contributed by atoms with E-state index in [1.54, 1.807) is 4.90 Å². The summed E-state index contributed by atoms with van der Waals surface area (Å²) in [5.74, 6) is 0.0834. The summed E-state index contributed by atoms with van der Waals surface area (Å²) in [6.45, 7) is 1.53. The summed E-state index contributed by atoms with van der Waals surface area (Å²) in [5.41, 5.74) is 2.87. The molecule has 2 aromatic rings. The van der Waals surface area contributed by atoms with Gasteiger partial charge in [0.05, 0.1) is 17.9 Å². The fourth-order valence-corrected chi connectivity index (χ4v) is 2.99. The zero-order valence-corrected chi connectivity index (χ0v) is 14.2. The van der Waals surface area contributed by atoms with Crippen molar-refractivity contribution in [3.05, 3.63) is 60.2 Å². The molecule has 0 bridgehead atoms. The molecule has 2 aromatic carbocycles. The Morgan fingerprint density at radius 2 is 1.80 bits per heavy atom. The first-order valence-electron chi connectivity index (χ1n) is 8.68. The summed E-state index contributed by atoms with van der Waals surface area (Å²) in [6.07, 6.45) is 2.28. The Morgan fingerprint density at radius 3 is 2.56 bits per heavy atom. The van der Waals surface area contributed by atoms with Crippen molar-refractivity contribution >= 4 is 23.2 Å². The van der Waals surface area contributed by atoms with E-state index in [-0.39, 0.29) is 18.4 Å². The minimum atomic E-state index is -0.0570. The van der Waals surface area contributed by atoms with E-state index in [2.05, 4.69) is 10.6 Å². The standard InChI is InChI=1S/C20H23N3O2/c24-19(21-13-12-16-7-2-1-3-8-16)15-22-17-9-4-5-10-18(17)23-14-6-11-20(23)25/h1-5,7-10,22H,6,11-15H2,(H,21,24). The first-order chi connectivity index (χ1) is 12.2. The van der Waals surface area contributed by atoms with Crippen LogP contribution in [-0.4, -0.2) is 31.4 Å². The van der Waals surface area contributed by atoms with Crippen molar-refractivity contribution in [3.63, 3.8) is 0 Å². The monoisotopic (exact) mass is 337 g/mol. The molecule has 1 aliphatic heterocycles. The van der Waals surface area contributed by atoms with Crippen LogP contribution in [0.5, 0.6) is 0 Å². The summed E-state index contributed by atoms with van der Waals surface area (Å²) in [7, 11) is 0. The number of nitrogens with one attached hydrogen (secondary N) is 2. The average molecular weight is 337 g/mol. The van der Waals surface area contributed by atoms with Gasteiger partial charge in [-0.15, -0.1) is 0 Å². The Kier molecular flexibility index (Phi) is 5.67.